The first-order chi connectivity index (χ1) is 7.68. The monoisotopic (exact) mass is 212 g/mol. The van der Waals surface area contributed by atoms with Crippen LogP contribution in [0.5, 0.6) is 0 Å². The Morgan fingerprint density at radius 3 is 2.88 bits per heavy atom. The largest absolute Gasteiger partial charge is 0.329 e. The maximum absolute atomic E-state index is 4.17. The Kier molecular flexibility index (Phi) is 1.93. The standard InChI is InChI=1S/C14H16N2/c1-14(2)9-11-5-3-4-6-12(11)13(14)16-8-7-15-10-16/h3-8,10,13H,9H2,1-2H3/t13-/m0/s1. The molecule has 0 fully saturated rings. The van der Waals surface area contributed by atoms with Crippen molar-refractivity contribution in [1.29, 1.82) is 0 Å². The summed E-state index contributed by atoms with van der Waals surface area (Å²) in [5.74, 6) is 0. The summed E-state index contributed by atoms with van der Waals surface area (Å²) in [6, 6.07) is 9.17. The molecular formula is C14H16N2. The minimum atomic E-state index is 0.268. The molecule has 82 valence electrons. The van der Waals surface area contributed by atoms with E-state index in [1.165, 1.54) is 11.1 Å². The van der Waals surface area contributed by atoms with Crippen LogP contribution in [-0.4, -0.2) is 9.55 Å². The van der Waals surface area contributed by atoms with Crippen LogP contribution in [0.25, 0.3) is 0 Å². The molecule has 3 rings (SSSR count). The fraction of sp³-hybridized carbons (Fsp3) is 0.357. The summed E-state index contributed by atoms with van der Waals surface area (Å²) in [6.45, 7) is 4.66. The predicted octanol–water partition coefficient (Wildman–Crippen LogP) is 3.05. The number of rotatable bonds is 1. The average Bonchev–Trinajstić information content (AvgIpc) is 2.80. The Bertz CT molecular complexity index is 497. The molecule has 1 aromatic carbocycles. The van der Waals surface area contributed by atoms with Gasteiger partial charge in [0.05, 0.1) is 12.4 Å². The first kappa shape index (κ1) is 9.64. The molecule has 0 aliphatic heterocycles. The lowest BCUT2D eigenvalue weighted by molar-refractivity contribution is 0.279. The minimum absolute atomic E-state index is 0.268. The van der Waals surface area contributed by atoms with Crippen molar-refractivity contribution in [2.24, 2.45) is 5.41 Å². The Morgan fingerprint density at radius 1 is 1.31 bits per heavy atom. The fourth-order valence-corrected chi connectivity index (χ4v) is 2.96. The SMILES string of the molecule is CC1(C)Cc2ccccc2[C@@H]1n1ccnc1. The van der Waals surface area contributed by atoms with Gasteiger partial charge in [-0.3, -0.25) is 0 Å². The quantitative estimate of drug-likeness (QED) is 0.710. The number of hydrogen-bond acceptors (Lipinski definition) is 1. The van der Waals surface area contributed by atoms with Crippen LogP contribution in [0.1, 0.15) is 31.0 Å². The van der Waals surface area contributed by atoms with Gasteiger partial charge in [0, 0.05) is 12.4 Å². The molecule has 1 heterocycles. The van der Waals surface area contributed by atoms with Crippen LogP contribution in [-0.2, 0) is 6.42 Å². The van der Waals surface area contributed by atoms with E-state index in [1.54, 1.807) is 0 Å². The van der Waals surface area contributed by atoms with Gasteiger partial charge in [-0.2, -0.15) is 0 Å². The molecule has 2 nitrogen and oxygen atoms in total. The summed E-state index contributed by atoms with van der Waals surface area (Å²) in [4.78, 5) is 4.17. The number of fused-ring (bicyclic) bond motifs is 1. The number of hydrogen-bond donors (Lipinski definition) is 0. The number of imidazole rings is 1. The Morgan fingerprint density at radius 2 is 2.12 bits per heavy atom. The molecule has 1 atom stereocenters. The summed E-state index contributed by atoms with van der Waals surface area (Å²) in [7, 11) is 0. The van der Waals surface area contributed by atoms with Crippen LogP contribution in [0.15, 0.2) is 43.0 Å². The van der Waals surface area contributed by atoms with Crippen molar-refractivity contribution in [3.05, 3.63) is 54.1 Å². The van der Waals surface area contributed by atoms with Gasteiger partial charge in [-0.15, -0.1) is 0 Å². The van der Waals surface area contributed by atoms with Gasteiger partial charge in [-0.05, 0) is 23.0 Å². The van der Waals surface area contributed by atoms with Gasteiger partial charge in [0.2, 0.25) is 0 Å². The van der Waals surface area contributed by atoms with E-state index >= 15 is 0 Å². The minimum Gasteiger partial charge on any atom is -0.329 e. The van der Waals surface area contributed by atoms with Crippen LogP contribution < -0.4 is 0 Å². The normalized spacial score (nSPS) is 22.0. The van der Waals surface area contributed by atoms with E-state index in [9.17, 15) is 0 Å². The lowest BCUT2D eigenvalue weighted by atomic mass is 9.85. The summed E-state index contributed by atoms with van der Waals surface area (Å²) in [6.07, 6.45) is 6.99. The van der Waals surface area contributed by atoms with Crippen LogP contribution in [0.4, 0.5) is 0 Å². The van der Waals surface area contributed by atoms with Crippen LogP contribution in [0, 0.1) is 5.41 Å². The summed E-state index contributed by atoms with van der Waals surface area (Å²) in [5, 5.41) is 0. The molecule has 0 amide bonds. The third-order valence-corrected chi connectivity index (χ3v) is 3.56. The van der Waals surface area contributed by atoms with E-state index in [4.69, 9.17) is 0 Å². The molecular weight excluding hydrogens is 196 g/mol. The molecule has 0 spiro atoms. The maximum atomic E-state index is 4.17. The molecule has 2 aromatic rings. The number of nitrogens with zero attached hydrogens (tertiary/aromatic N) is 2. The highest BCUT2D eigenvalue weighted by Gasteiger charge is 2.39. The van der Waals surface area contributed by atoms with Gasteiger partial charge in [0.1, 0.15) is 0 Å². The van der Waals surface area contributed by atoms with Crippen molar-refractivity contribution in [1.82, 2.24) is 9.55 Å². The first-order valence-corrected chi connectivity index (χ1v) is 5.74. The zero-order valence-electron chi connectivity index (χ0n) is 9.72. The van der Waals surface area contributed by atoms with Crippen molar-refractivity contribution in [2.45, 2.75) is 26.3 Å². The molecule has 0 bridgehead atoms. The fourth-order valence-electron chi connectivity index (χ4n) is 2.96. The van der Waals surface area contributed by atoms with Gasteiger partial charge in [-0.1, -0.05) is 38.1 Å². The second-order valence-corrected chi connectivity index (χ2v) is 5.28. The van der Waals surface area contributed by atoms with E-state index in [2.05, 4.69) is 53.9 Å². The molecule has 0 unspecified atom stereocenters. The van der Waals surface area contributed by atoms with Crippen molar-refractivity contribution < 1.29 is 0 Å². The first-order valence-electron chi connectivity index (χ1n) is 5.74. The van der Waals surface area contributed by atoms with Crippen LogP contribution >= 0.6 is 0 Å². The van der Waals surface area contributed by atoms with Gasteiger partial charge in [0.25, 0.3) is 0 Å². The smallest absolute Gasteiger partial charge is 0.0951 e. The summed E-state index contributed by atoms with van der Waals surface area (Å²) in [5.41, 5.74) is 3.20. The van der Waals surface area contributed by atoms with Gasteiger partial charge < -0.3 is 4.57 Å². The van der Waals surface area contributed by atoms with Crippen molar-refractivity contribution in [3.8, 4) is 0 Å². The average molecular weight is 212 g/mol. The van der Waals surface area contributed by atoms with E-state index in [-0.39, 0.29) is 5.41 Å². The molecule has 0 saturated heterocycles. The Hall–Kier alpha value is -1.57. The van der Waals surface area contributed by atoms with Gasteiger partial charge in [-0.25, -0.2) is 4.98 Å². The molecule has 0 saturated carbocycles. The maximum Gasteiger partial charge on any atom is 0.0951 e. The van der Waals surface area contributed by atoms with Gasteiger partial charge in [0.15, 0.2) is 0 Å². The molecule has 2 heteroatoms. The number of aromatic nitrogens is 2. The van der Waals surface area contributed by atoms with Crippen LogP contribution in [0.2, 0.25) is 0 Å². The summed E-state index contributed by atoms with van der Waals surface area (Å²) < 4.78 is 2.23. The van der Waals surface area contributed by atoms with E-state index < -0.39 is 0 Å². The van der Waals surface area contributed by atoms with Crippen molar-refractivity contribution in [2.75, 3.05) is 0 Å². The number of benzene rings is 1. The zero-order chi connectivity index (χ0) is 11.2. The highest BCUT2D eigenvalue weighted by atomic mass is 15.1. The Labute approximate surface area is 95.9 Å². The lowest BCUT2D eigenvalue weighted by Gasteiger charge is -2.28. The molecule has 1 aliphatic carbocycles. The molecule has 0 radical (unpaired) electrons. The lowest BCUT2D eigenvalue weighted by Crippen LogP contribution is -2.23. The Balaban J connectivity index is 2.16. The zero-order valence-corrected chi connectivity index (χ0v) is 9.72. The van der Waals surface area contributed by atoms with Crippen molar-refractivity contribution >= 4 is 0 Å². The molecule has 1 aliphatic rings. The molecule has 16 heavy (non-hydrogen) atoms. The predicted molar refractivity (Wildman–Crippen MR) is 64.3 cm³/mol. The van der Waals surface area contributed by atoms with Crippen LogP contribution in [0.3, 0.4) is 0 Å². The highest BCUT2D eigenvalue weighted by Crippen LogP contribution is 2.47. The summed E-state index contributed by atoms with van der Waals surface area (Å²) >= 11 is 0. The second-order valence-electron chi connectivity index (χ2n) is 5.28. The third kappa shape index (κ3) is 1.29. The topological polar surface area (TPSA) is 17.8 Å². The van der Waals surface area contributed by atoms with E-state index in [0.29, 0.717) is 6.04 Å². The third-order valence-electron chi connectivity index (χ3n) is 3.56. The molecule has 0 N–H and O–H groups in total. The highest BCUT2D eigenvalue weighted by molar-refractivity contribution is 5.38. The molecule has 1 aromatic heterocycles. The van der Waals surface area contributed by atoms with E-state index in [1.807, 2.05) is 12.5 Å². The van der Waals surface area contributed by atoms with E-state index in [0.717, 1.165) is 6.42 Å². The second kappa shape index (κ2) is 3.21. The van der Waals surface area contributed by atoms with Gasteiger partial charge >= 0.3 is 0 Å². The van der Waals surface area contributed by atoms with Crippen molar-refractivity contribution in [3.63, 3.8) is 0 Å².